The average molecular weight is 363 g/mol. The molecule has 1 heterocycles. The van der Waals surface area contributed by atoms with Gasteiger partial charge in [0.1, 0.15) is 5.82 Å². The van der Waals surface area contributed by atoms with E-state index in [2.05, 4.69) is 0 Å². The number of halogens is 1. The Hall–Kier alpha value is -1.76. The summed E-state index contributed by atoms with van der Waals surface area (Å²) in [5.74, 6) is -0.323. The molecule has 2 atom stereocenters. The van der Waals surface area contributed by atoms with Crippen LogP contribution < -0.4 is 0 Å². The summed E-state index contributed by atoms with van der Waals surface area (Å²) < 4.78 is 40.7. The third-order valence-corrected chi connectivity index (χ3v) is 6.61. The van der Waals surface area contributed by atoms with E-state index in [1.54, 1.807) is 36.4 Å². The van der Waals surface area contributed by atoms with Gasteiger partial charge < -0.3 is 5.11 Å². The number of nitrogens with zero attached hydrogens (tertiary/aromatic N) is 1. The van der Waals surface area contributed by atoms with Gasteiger partial charge in [-0.25, -0.2) is 12.8 Å². The lowest BCUT2D eigenvalue weighted by molar-refractivity contribution is 0.0810. The molecule has 0 saturated carbocycles. The van der Waals surface area contributed by atoms with Crippen LogP contribution in [-0.2, 0) is 16.4 Å². The maximum atomic E-state index is 13.1. The lowest BCUT2D eigenvalue weighted by Crippen LogP contribution is -2.48. The van der Waals surface area contributed by atoms with E-state index >= 15 is 0 Å². The Morgan fingerprint density at radius 3 is 2.40 bits per heavy atom. The first kappa shape index (κ1) is 18.0. The Balaban J connectivity index is 1.88. The van der Waals surface area contributed by atoms with Gasteiger partial charge in [0.15, 0.2) is 0 Å². The van der Waals surface area contributed by atoms with Crippen molar-refractivity contribution in [2.75, 3.05) is 6.54 Å². The number of hydrogen-bond donors (Lipinski definition) is 1. The highest BCUT2D eigenvalue weighted by molar-refractivity contribution is 7.89. The minimum atomic E-state index is -3.63. The quantitative estimate of drug-likeness (QED) is 0.909. The van der Waals surface area contributed by atoms with Crippen LogP contribution in [0.5, 0.6) is 0 Å². The highest BCUT2D eigenvalue weighted by Crippen LogP contribution is 2.28. The average Bonchev–Trinajstić information content (AvgIpc) is 2.57. The van der Waals surface area contributed by atoms with E-state index in [1.165, 1.54) is 16.4 Å². The monoisotopic (exact) mass is 363 g/mol. The summed E-state index contributed by atoms with van der Waals surface area (Å²) >= 11 is 0. The zero-order chi connectivity index (χ0) is 18.0. The van der Waals surface area contributed by atoms with Crippen molar-refractivity contribution in [3.63, 3.8) is 0 Å². The van der Waals surface area contributed by atoms with Crippen molar-refractivity contribution in [3.05, 3.63) is 65.5 Å². The first-order valence-corrected chi connectivity index (χ1v) is 9.81. The molecule has 0 bridgehead atoms. The number of hydrogen-bond acceptors (Lipinski definition) is 3. The molecule has 134 valence electrons. The number of benzene rings is 2. The predicted octanol–water partition coefficient (Wildman–Crippen LogP) is 2.89. The van der Waals surface area contributed by atoms with Crippen molar-refractivity contribution < 1.29 is 17.9 Å². The normalized spacial score (nSPS) is 22.0. The molecular formula is C19H22FNO3S. The number of aliphatic hydroxyl groups excluding tert-OH is 1. The van der Waals surface area contributed by atoms with Gasteiger partial charge in [0.05, 0.1) is 11.0 Å². The van der Waals surface area contributed by atoms with E-state index in [4.69, 9.17) is 0 Å². The van der Waals surface area contributed by atoms with Gasteiger partial charge in [0, 0.05) is 12.6 Å². The van der Waals surface area contributed by atoms with Crippen molar-refractivity contribution in [1.29, 1.82) is 0 Å². The minimum Gasteiger partial charge on any atom is -0.393 e. The van der Waals surface area contributed by atoms with Gasteiger partial charge in [-0.2, -0.15) is 4.31 Å². The molecule has 0 unspecified atom stereocenters. The van der Waals surface area contributed by atoms with Gasteiger partial charge in [-0.3, -0.25) is 0 Å². The molecule has 1 aliphatic heterocycles. The van der Waals surface area contributed by atoms with Crippen LogP contribution in [0.15, 0.2) is 53.4 Å². The van der Waals surface area contributed by atoms with Crippen molar-refractivity contribution in [3.8, 4) is 0 Å². The maximum absolute atomic E-state index is 13.1. The number of rotatable bonds is 4. The van der Waals surface area contributed by atoms with E-state index in [1.807, 2.05) is 6.92 Å². The number of sulfonamides is 1. The Bertz CT molecular complexity index is 819. The van der Waals surface area contributed by atoms with Crippen LogP contribution in [-0.4, -0.2) is 36.5 Å². The minimum absolute atomic E-state index is 0.263. The van der Waals surface area contributed by atoms with E-state index in [0.717, 1.165) is 11.1 Å². The first-order valence-electron chi connectivity index (χ1n) is 8.37. The van der Waals surface area contributed by atoms with Gasteiger partial charge in [-0.1, -0.05) is 29.8 Å². The van der Waals surface area contributed by atoms with Crippen LogP contribution in [0.3, 0.4) is 0 Å². The molecule has 3 rings (SSSR count). The highest BCUT2D eigenvalue weighted by atomic mass is 32.2. The third kappa shape index (κ3) is 4.08. The van der Waals surface area contributed by atoms with Crippen molar-refractivity contribution in [2.24, 2.45) is 0 Å². The SMILES string of the molecule is Cc1ccc(S(=O)(=O)N2CC[C@H](O)C[C@H]2Cc2ccc(F)cc2)cc1. The molecule has 0 aliphatic carbocycles. The van der Waals surface area contributed by atoms with Gasteiger partial charge in [0.2, 0.25) is 10.0 Å². The van der Waals surface area contributed by atoms with Gasteiger partial charge in [-0.15, -0.1) is 0 Å². The van der Waals surface area contributed by atoms with Crippen LogP contribution in [0.25, 0.3) is 0 Å². The van der Waals surface area contributed by atoms with Crippen LogP contribution >= 0.6 is 0 Å². The second kappa shape index (κ2) is 7.23. The van der Waals surface area contributed by atoms with Crippen molar-refractivity contribution in [1.82, 2.24) is 4.31 Å². The Morgan fingerprint density at radius 1 is 1.12 bits per heavy atom. The molecular weight excluding hydrogens is 341 g/mol. The molecule has 25 heavy (non-hydrogen) atoms. The molecule has 1 N–H and O–H groups in total. The fourth-order valence-corrected chi connectivity index (χ4v) is 4.90. The lowest BCUT2D eigenvalue weighted by atomic mass is 9.96. The van der Waals surface area contributed by atoms with Crippen LogP contribution in [0.2, 0.25) is 0 Å². The fourth-order valence-electron chi connectivity index (χ4n) is 3.25. The smallest absolute Gasteiger partial charge is 0.243 e. The van der Waals surface area contributed by atoms with Crippen LogP contribution in [0, 0.1) is 12.7 Å². The van der Waals surface area contributed by atoms with Crippen LogP contribution in [0.4, 0.5) is 4.39 Å². The number of piperidine rings is 1. The van der Waals surface area contributed by atoms with E-state index in [-0.39, 0.29) is 23.3 Å². The summed E-state index contributed by atoms with van der Waals surface area (Å²) in [7, 11) is -3.63. The molecule has 0 spiro atoms. The maximum Gasteiger partial charge on any atom is 0.243 e. The summed E-state index contributed by atoms with van der Waals surface area (Å²) in [5, 5.41) is 10.0. The molecule has 6 heteroatoms. The van der Waals surface area contributed by atoms with E-state index < -0.39 is 16.1 Å². The molecule has 1 fully saturated rings. The molecule has 0 aromatic heterocycles. The number of aryl methyl sites for hydroxylation is 1. The van der Waals surface area contributed by atoms with Crippen molar-refractivity contribution in [2.45, 2.75) is 43.2 Å². The molecule has 1 aliphatic rings. The fraction of sp³-hybridized carbons (Fsp3) is 0.368. The standard InChI is InChI=1S/C19H22FNO3S/c1-14-2-8-19(9-3-14)25(23,24)21-11-10-18(22)13-17(21)12-15-4-6-16(20)7-5-15/h2-9,17-18,22H,10-13H2,1H3/t17-,18+/m1/s1. The molecule has 2 aromatic carbocycles. The predicted molar refractivity (Wildman–Crippen MR) is 94.2 cm³/mol. The summed E-state index contributed by atoms with van der Waals surface area (Å²) in [6.45, 7) is 2.19. The Kier molecular flexibility index (Phi) is 5.22. The third-order valence-electron chi connectivity index (χ3n) is 4.65. The molecule has 0 amide bonds. The highest BCUT2D eigenvalue weighted by Gasteiger charge is 2.36. The lowest BCUT2D eigenvalue weighted by Gasteiger charge is -2.37. The van der Waals surface area contributed by atoms with E-state index in [9.17, 15) is 17.9 Å². The first-order chi connectivity index (χ1) is 11.9. The molecule has 2 aromatic rings. The Labute approximate surface area is 148 Å². The zero-order valence-corrected chi connectivity index (χ0v) is 14.9. The van der Waals surface area contributed by atoms with Crippen LogP contribution in [0.1, 0.15) is 24.0 Å². The summed E-state index contributed by atoms with van der Waals surface area (Å²) in [4.78, 5) is 0.263. The summed E-state index contributed by atoms with van der Waals surface area (Å²) in [5.41, 5.74) is 1.85. The molecule has 1 saturated heterocycles. The van der Waals surface area contributed by atoms with Gasteiger partial charge in [-0.05, 0) is 56.0 Å². The summed E-state index contributed by atoms with van der Waals surface area (Å²) in [6, 6.07) is 12.5. The van der Waals surface area contributed by atoms with Gasteiger partial charge in [0.25, 0.3) is 0 Å². The molecule has 4 nitrogen and oxygen atoms in total. The second-order valence-corrected chi connectivity index (χ2v) is 8.48. The largest absolute Gasteiger partial charge is 0.393 e. The number of aliphatic hydroxyl groups is 1. The summed E-state index contributed by atoms with van der Waals surface area (Å²) in [6.07, 6.45) is 0.727. The second-order valence-electron chi connectivity index (χ2n) is 6.59. The Morgan fingerprint density at radius 2 is 1.76 bits per heavy atom. The van der Waals surface area contributed by atoms with E-state index in [0.29, 0.717) is 19.3 Å². The molecule has 0 radical (unpaired) electrons. The van der Waals surface area contributed by atoms with Gasteiger partial charge >= 0.3 is 0 Å². The topological polar surface area (TPSA) is 57.6 Å². The zero-order valence-electron chi connectivity index (χ0n) is 14.1. The van der Waals surface area contributed by atoms with Crippen molar-refractivity contribution >= 4 is 10.0 Å².